The van der Waals surface area contributed by atoms with E-state index in [0.29, 0.717) is 12.2 Å². The normalized spacial score (nSPS) is 20.0. The first-order valence-corrected chi connectivity index (χ1v) is 11.7. The van der Waals surface area contributed by atoms with Gasteiger partial charge in [0.05, 0.1) is 16.9 Å². The highest BCUT2D eigenvalue weighted by Gasteiger charge is 2.31. The van der Waals surface area contributed by atoms with Gasteiger partial charge >= 0.3 is 0 Å². The van der Waals surface area contributed by atoms with Crippen molar-refractivity contribution in [1.82, 2.24) is 4.90 Å². The summed E-state index contributed by atoms with van der Waals surface area (Å²) in [6, 6.07) is 12.2. The molecular formula is C21H27N3O5S. The van der Waals surface area contributed by atoms with E-state index in [1.54, 1.807) is 7.11 Å². The zero-order valence-corrected chi connectivity index (χ0v) is 18.2. The predicted octanol–water partition coefficient (Wildman–Crippen LogP) is 3.50. The molecule has 1 saturated heterocycles. The summed E-state index contributed by atoms with van der Waals surface area (Å²) in [5.74, 6) is 1.04. The molecule has 2 atom stereocenters. The average molecular weight is 434 g/mol. The lowest BCUT2D eigenvalue weighted by molar-refractivity contribution is -0.384. The largest absolute Gasteiger partial charge is 0.497 e. The number of nitro groups is 1. The van der Waals surface area contributed by atoms with Gasteiger partial charge in [-0.3, -0.25) is 15.0 Å². The smallest absolute Gasteiger partial charge is 0.293 e. The first kappa shape index (κ1) is 22.0. The first-order valence-electron chi connectivity index (χ1n) is 9.77. The lowest BCUT2D eigenvalue weighted by Crippen LogP contribution is -2.39. The Bertz CT molecular complexity index is 1010. The molecule has 2 aromatic carbocycles. The van der Waals surface area contributed by atoms with Crippen molar-refractivity contribution in [2.45, 2.75) is 23.8 Å². The Morgan fingerprint density at radius 2 is 1.93 bits per heavy atom. The van der Waals surface area contributed by atoms with Crippen molar-refractivity contribution < 1.29 is 18.1 Å². The summed E-state index contributed by atoms with van der Waals surface area (Å²) < 4.78 is 28.7. The van der Waals surface area contributed by atoms with Crippen molar-refractivity contribution in [3.63, 3.8) is 0 Å². The molecule has 1 N–H and O–H groups in total. The molecule has 0 aliphatic carbocycles. The third kappa shape index (κ3) is 4.91. The molecule has 162 valence electrons. The molecule has 8 nitrogen and oxygen atoms in total. The quantitative estimate of drug-likeness (QED) is 0.527. The molecule has 0 aromatic heterocycles. The van der Waals surface area contributed by atoms with E-state index in [4.69, 9.17) is 4.74 Å². The molecule has 1 fully saturated rings. The van der Waals surface area contributed by atoms with Crippen molar-refractivity contribution in [2.24, 2.45) is 5.92 Å². The van der Waals surface area contributed by atoms with E-state index in [2.05, 4.69) is 29.4 Å². The van der Waals surface area contributed by atoms with Gasteiger partial charge in [0.15, 0.2) is 9.84 Å². The van der Waals surface area contributed by atoms with Gasteiger partial charge in [-0.05, 0) is 62.2 Å². The summed E-state index contributed by atoms with van der Waals surface area (Å²) in [6.07, 6.45) is 3.07. The topological polar surface area (TPSA) is 102 Å². The fourth-order valence-corrected chi connectivity index (χ4v) is 4.73. The molecule has 1 aliphatic rings. The molecule has 9 heteroatoms. The summed E-state index contributed by atoms with van der Waals surface area (Å²) >= 11 is 0. The standard InChI is InChI=1S/C21H27N3O5S/c1-23-12-4-5-16(21(23)15-6-8-17(29-2)9-7-15)14-22-19-11-10-18(30(3,27)28)13-20(19)24(25)26/h6-11,13,16,21-22H,4-5,12,14H2,1-3H3. The van der Waals surface area contributed by atoms with Crippen molar-refractivity contribution >= 4 is 21.2 Å². The van der Waals surface area contributed by atoms with Crippen molar-refractivity contribution in [3.8, 4) is 5.75 Å². The second-order valence-corrected chi connectivity index (χ2v) is 9.71. The van der Waals surface area contributed by atoms with E-state index >= 15 is 0 Å². The number of nitrogens with one attached hydrogen (secondary N) is 1. The van der Waals surface area contributed by atoms with Crippen LogP contribution in [0.5, 0.6) is 5.75 Å². The van der Waals surface area contributed by atoms with Crippen molar-refractivity contribution in [3.05, 3.63) is 58.1 Å². The van der Waals surface area contributed by atoms with Gasteiger partial charge < -0.3 is 10.1 Å². The molecule has 3 rings (SSSR count). The van der Waals surface area contributed by atoms with E-state index in [9.17, 15) is 18.5 Å². The highest BCUT2D eigenvalue weighted by molar-refractivity contribution is 7.90. The fraction of sp³-hybridized carbons (Fsp3) is 0.429. The second-order valence-electron chi connectivity index (χ2n) is 7.69. The number of methoxy groups -OCH3 is 1. The third-order valence-electron chi connectivity index (χ3n) is 5.61. The molecule has 1 aliphatic heterocycles. The second kappa shape index (κ2) is 9.01. The Morgan fingerprint density at radius 1 is 1.23 bits per heavy atom. The van der Waals surface area contributed by atoms with Crippen LogP contribution < -0.4 is 10.1 Å². The number of rotatable bonds is 7. The van der Waals surface area contributed by atoms with Crippen molar-refractivity contribution in [2.75, 3.05) is 38.8 Å². The first-order chi connectivity index (χ1) is 14.2. The van der Waals surface area contributed by atoms with Crippen LogP contribution in [0.3, 0.4) is 0 Å². The highest BCUT2D eigenvalue weighted by atomic mass is 32.2. The maximum absolute atomic E-state index is 11.7. The average Bonchev–Trinajstić information content (AvgIpc) is 2.71. The van der Waals surface area contributed by atoms with E-state index in [0.717, 1.165) is 37.5 Å². The SMILES string of the molecule is COc1ccc(C2C(CNc3ccc(S(C)(=O)=O)cc3[N+](=O)[O-])CCCN2C)cc1. The Kier molecular flexibility index (Phi) is 6.62. The number of nitrogens with zero attached hydrogens (tertiary/aromatic N) is 2. The molecule has 2 aromatic rings. The molecule has 0 radical (unpaired) electrons. The van der Waals surface area contributed by atoms with Gasteiger partial charge in [0.2, 0.25) is 0 Å². The Hall–Kier alpha value is -2.65. The number of anilines is 1. The minimum atomic E-state index is -3.52. The van der Waals surface area contributed by atoms with Crippen LogP contribution >= 0.6 is 0 Å². The van der Waals surface area contributed by atoms with Crippen LogP contribution in [-0.4, -0.2) is 51.7 Å². The number of benzene rings is 2. The molecule has 2 unspecified atom stereocenters. The Morgan fingerprint density at radius 3 is 2.53 bits per heavy atom. The van der Waals surface area contributed by atoms with Gasteiger partial charge in [-0.25, -0.2) is 8.42 Å². The molecule has 1 heterocycles. The van der Waals surface area contributed by atoms with Crippen LogP contribution in [0.4, 0.5) is 11.4 Å². The number of hydrogen-bond acceptors (Lipinski definition) is 7. The molecular weight excluding hydrogens is 406 g/mol. The highest BCUT2D eigenvalue weighted by Crippen LogP contribution is 2.36. The third-order valence-corrected chi connectivity index (χ3v) is 6.72. The summed E-state index contributed by atoms with van der Waals surface area (Å²) in [6.45, 7) is 1.52. The lowest BCUT2D eigenvalue weighted by Gasteiger charge is -2.40. The number of likely N-dealkylation sites (tertiary alicyclic amines) is 1. The van der Waals surface area contributed by atoms with E-state index in [1.165, 1.54) is 17.7 Å². The Balaban J connectivity index is 1.82. The zero-order valence-electron chi connectivity index (χ0n) is 17.4. The maximum atomic E-state index is 11.7. The van der Waals surface area contributed by atoms with E-state index in [1.807, 2.05) is 12.1 Å². The predicted molar refractivity (Wildman–Crippen MR) is 116 cm³/mol. The monoisotopic (exact) mass is 433 g/mol. The molecule has 0 amide bonds. The van der Waals surface area contributed by atoms with Crippen LogP contribution in [-0.2, 0) is 9.84 Å². The summed E-state index contributed by atoms with van der Waals surface area (Å²) in [5.41, 5.74) is 1.27. The van der Waals surface area contributed by atoms with Gasteiger partial charge in [-0.1, -0.05) is 12.1 Å². The number of sulfone groups is 1. The number of hydrogen-bond donors (Lipinski definition) is 1. The number of piperidine rings is 1. The minimum absolute atomic E-state index is 0.0618. The maximum Gasteiger partial charge on any atom is 0.293 e. The van der Waals surface area contributed by atoms with Crippen LogP contribution in [0, 0.1) is 16.0 Å². The summed E-state index contributed by atoms with van der Waals surface area (Å²) in [4.78, 5) is 13.2. The minimum Gasteiger partial charge on any atom is -0.497 e. The van der Waals surface area contributed by atoms with Gasteiger partial charge in [-0.15, -0.1) is 0 Å². The van der Waals surface area contributed by atoms with Crippen LogP contribution in [0.25, 0.3) is 0 Å². The number of ether oxygens (including phenoxy) is 1. The van der Waals surface area contributed by atoms with Gasteiger partial charge in [-0.2, -0.15) is 0 Å². The number of nitro benzene ring substituents is 1. The Labute approximate surface area is 176 Å². The van der Waals surface area contributed by atoms with Crippen LogP contribution in [0.1, 0.15) is 24.4 Å². The summed E-state index contributed by atoms with van der Waals surface area (Å²) in [5, 5.41) is 14.7. The lowest BCUT2D eigenvalue weighted by atomic mass is 9.85. The van der Waals surface area contributed by atoms with E-state index < -0.39 is 14.8 Å². The van der Waals surface area contributed by atoms with Crippen LogP contribution in [0.2, 0.25) is 0 Å². The van der Waals surface area contributed by atoms with Gasteiger partial charge in [0.1, 0.15) is 11.4 Å². The summed E-state index contributed by atoms with van der Waals surface area (Å²) in [7, 11) is 0.205. The molecule has 0 spiro atoms. The zero-order chi connectivity index (χ0) is 21.9. The van der Waals surface area contributed by atoms with Gasteiger partial charge in [0, 0.05) is 24.9 Å². The molecule has 0 saturated carbocycles. The molecule has 0 bridgehead atoms. The molecule has 30 heavy (non-hydrogen) atoms. The fourth-order valence-electron chi connectivity index (χ4n) is 4.08. The van der Waals surface area contributed by atoms with Crippen molar-refractivity contribution in [1.29, 1.82) is 0 Å². The van der Waals surface area contributed by atoms with Gasteiger partial charge in [0.25, 0.3) is 5.69 Å². The van der Waals surface area contributed by atoms with Crippen LogP contribution in [0.15, 0.2) is 47.4 Å². The van der Waals surface area contributed by atoms with E-state index in [-0.39, 0.29) is 22.5 Å².